The summed E-state index contributed by atoms with van der Waals surface area (Å²) in [6.07, 6.45) is 0.723. The van der Waals surface area contributed by atoms with E-state index >= 15 is 0 Å². The Morgan fingerprint density at radius 1 is 1.25 bits per heavy atom. The summed E-state index contributed by atoms with van der Waals surface area (Å²) in [5.74, 6) is -6.97. The van der Waals surface area contributed by atoms with Crippen molar-refractivity contribution in [3.8, 4) is 0 Å². The quantitative estimate of drug-likeness (QED) is 0.624. The number of nitrogens with one attached hydrogen (secondary N) is 1. The van der Waals surface area contributed by atoms with E-state index in [1.54, 1.807) is 0 Å². The van der Waals surface area contributed by atoms with Crippen LogP contribution < -0.4 is 5.32 Å². The minimum atomic E-state index is -1.70. The van der Waals surface area contributed by atoms with Gasteiger partial charge in [0.25, 0.3) is 5.91 Å². The van der Waals surface area contributed by atoms with Crippen LogP contribution in [0.3, 0.4) is 0 Å². The summed E-state index contributed by atoms with van der Waals surface area (Å²) >= 11 is 0. The monoisotopic (exact) mass is 289 g/mol. The number of amides is 1. The van der Waals surface area contributed by atoms with Gasteiger partial charge < -0.3 is 10.4 Å². The van der Waals surface area contributed by atoms with Gasteiger partial charge >= 0.3 is 5.97 Å². The van der Waals surface area contributed by atoms with Crippen LogP contribution in [-0.4, -0.2) is 23.5 Å². The van der Waals surface area contributed by atoms with Crippen molar-refractivity contribution in [2.45, 2.75) is 19.8 Å². The second-order valence-corrected chi connectivity index (χ2v) is 4.36. The molecule has 0 bridgehead atoms. The highest BCUT2D eigenvalue weighted by Crippen LogP contribution is 2.15. The van der Waals surface area contributed by atoms with Crippen molar-refractivity contribution in [3.63, 3.8) is 0 Å². The molecule has 4 nitrogen and oxygen atoms in total. The number of hydrogen-bond acceptors (Lipinski definition) is 2. The van der Waals surface area contributed by atoms with Crippen LogP contribution in [-0.2, 0) is 4.79 Å². The molecule has 7 heteroatoms. The van der Waals surface area contributed by atoms with Gasteiger partial charge in [0.15, 0.2) is 17.5 Å². The maximum absolute atomic E-state index is 13.3. The molecule has 0 aromatic heterocycles. The fourth-order valence-corrected chi connectivity index (χ4v) is 1.53. The minimum absolute atomic E-state index is 0.120. The maximum Gasteiger partial charge on any atom is 0.306 e. The number of carboxylic acids is 1. The van der Waals surface area contributed by atoms with Crippen LogP contribution in [0.4, 0.5) is 13.2 Å². The first-order valence-electron chi connectivity index (χ1n) is 5.99. The molecule has 110 valence electrons. The van der Waals surface area contributed by atoms with E-state index in [1.165, 1.54) is 6.92 Å². The van der Waals surface area contributed by atoms with Crippen LogP contribution in [0.25, 0.3) is 0 Å². The van der Waals surface area contributed by atoms with Crippen molar-refractivity contribution in [2.24, 2.45) is 5.92 Å². The molecule has 20 heavy (non-hydrogen) atoms. The highest BCUT2D eigenvalue weighted by Gasteiger charge is 2.18. The molecule has 1 atom stereocenters. The lowest BCUT2D eigenvalue weighted by Gasteiger charge is -2.08. The highest BCUT2D eigenvalue weighted by molar-refractivity contribution is 5.94. The number of aliphatic carboxylic acids is 1. The third-order valence-electron chi connectivity index (χ3n) is 2.80. The van der Waals surface area contributed by atoms with Gasteiger partial charge in [-0.15, -0.1) is 0 Å². The SMILES string of the molecule is CC(CCCNC(=O)c1ccc(F)c(F)c1F)C(=O)O. The molecule has 1 amide bonds. The standard InChI is InChI=1S/C13H14F3NO3/c1-7(13(19)20)3-2-6-17-12(18)8-4-5-9(14)11(16)10(8)15/h4-5,7H,2-3,6H2,1H3,(H,17,18)(H,19,20). The van der Waals surface area contributed by atoms with Gasteiger partial charge in [-0.3, -0.25) is 9.59 Å². The van der Waals surface area contributed by atoms with Gasteiger partial charge in [-0.25, -0.2) is 13.2 Å². The summed E-state index contributed by atoms with van der Waals surface area (Å²) in [4.78, 5) is 22.1. The van der Waals surface area contributed by atoms with Crippen LogP contribution in [0.5, 0.6) is 0 Å². The fourth-order valence-electron chi connectivity index (χ4n) is 1.53. The molecule has 0 aliphatic heterocycles. The van der Waals surface area contributed by atoms with Crippen LogP contribution >= 0.6 is 0 Å². The maximum atomic E-state index is 13.3. The Balaban J connectivity index is 2.52. The molecule has 0 heterocycles. The van der Waals surface area contributed by atoms with Crippen LogP contribution in [0.2, 0.25) is 0 Å². The minimum Gasteiger partial charge on any atom is -0.481 e. The first kappa shape index (κ1) is 16.0. The van der Waals surface area contributed by atoms with Crippen molar-refractivity contribution in [3.05, 3.63) is 35.1 Å². The molecule has 0 aliphatic carbocycles. The zero-order valence-electron chi connectivity index (χ0n) is 10.8. The lowest BCUT2D eigenvalue weighted by Crippen LogP contribution is -2.26. The first-order chi connectivity index (χ1) is 9.34. The topological polar surface area (TPSA) is 66.4 Å². The molecular weight excluding hydrogens is 275 g/mol. The largest absolute Gasteiger partial charge is 0.481 e. The van der Waals surface area contributed by atoms with E-state index in [0.29, 0.717) is 18.9 Å². The predicted octanol–water partition coefficient (Wildman–Crippen LogP) is 2.33. The van der Waals surface area contributed by atoms with Crippen molar-refractivity contribution in [2.75, 3.05) is 6.54 Å². The van der Waals surface area contributed by atoms with E-state index in [4.69, 9.17) is 5.11 Å². The molecular formula is C13H14F3NO3. The molecule has 0 fully saturated rings. The van der Waals surface area contributed by atoms with Gasteiger partial charge in [-0.05, 0) is 25.0 Å². The summed E-state index contributed by atoms with van der Waals surface area (Å²) in [6.45, 7) is 1.65. The van der Waals surface area contributed by atoms with Crippen molar-refractivity contribution in [1.82, 2.24) is 5.32 Å². The molecule has 0 aliphatic rings. The Hall–Kier alpha value is -2.05. The van der Waals surface area contributed by atoms with Crippen molar-refractivity contribution < 1.29 is 27.9 Å². The highest BCUT2D eigenvalue weighted by atomic mass is 19.2. The van der Waals surface area contributed by atoms with Gasteiger partial charge in [-0.1, -0.05) is 6.92 Å². The van der Waals surface area contributed by atoms with Gasteiger partial charge in [0.05, 0.1) is 11.5 Å². The summed E-state index contributed by atoms with van der Waals surface area (Å²) in [7, 11) is 0. The van der Waals surface area contributed by atoms with E-state index in [-0.39, 0.29) is 6.54 Å². The molecule has 1 rings (SSSR count). The first-order valence-corrected chi connectivity index (χ1v) is 5.99. The van der Waals surface area contributed by atoms with Crippen LogP contribution in [0, 0.1) is 23.4 Å². The molecule has 1 unspecified atom stereocenters. The van der Waals surface area contributed by atoms with Crippen LogP contribution in [0.1, 0.15) is 30.1 Å². The molecule has 0 saturated heterocycles. The summed E-state index contributed by atoms with van der Waals surface area (Å²) in [5, 5.41) is 11.0. The second-order valence-electron chi connectivity index (χ2n) is 4.36. The zero-order chi connectivity index (χ0) is 15.3. The Labute approximate surface area is 113 Å². The molecule has 2 N–H and O–H groups in total. The molecule has 1 aromatic rings. The summed E-state index contributed by atoms with van der Waals surface area (Å²) < 4.78 is 38.9. The van der Waals surface area contributed by atoms with Crippen LogP contribution in [0.15, 0.2) is 12.1 Å². The number of hydrogen-bond donors (Lipinski definition) is 2. The number of benzene rings is 1. The third kappa shape index (κ3) is 3.97. The summed E-state index contributed by atoms with van der Waals surface area (Å²) in [6, 6.07) is 1.52. The van der Waals surface area contributed by atoms with E-state index in [1.807, 2.05) is 0 Å². The second kappa shape index (κ2) is 6.93. The number of carbonyl (C=O) groups is 2. The fraction of sp³-hybridized carbons (Fsp3) is 0.385. The van der Waals surface area contributed by atoms with E-state index < -0.39 is 40.8 Å². The zero-order valence-corrected chi connectivity index (χ0v) is 10.8. The van der Waals surface area contributed by atoms with Crippen molar-refractivity contribution >= 4 is 11.9 Å². The lowest BCUT2D eigenvalue weighted by atomic mass is 10.1. The Bertz CT molecular complexity index is 520. The average Bonchev–Trinajstić information content (AvgIpc) is 2.40. The lowest BCUT2D eigenvalue weighted by molar-refractivity contribution is -0.141. The third-order valence-corrected chi connectivity index (χ3v) is 2.80. The number of carbonyl (C=O) groups excluding carboxylic acids is 1. The number of rotatable bonds is 6. The van der Waals surface area contributed by atoms with Gasteiger partial charge in [0.2, 0.25) is 0 Å². The van der Waals surface area contributed by atoms with E-state index in [2.05, 4.69) is 5.32 Å². The van der Waals surface area contributed by atoms with Gasteiger partial charge in [-0.2, -0.15) is 0 Å². The predicted molar refractivity (Wildman–Crippen MR) is 64.7 cm³/mol. The normalized spacial score (nSPS) is 12.0. The Kier molecular flexibility index (Phi) is 5.54. The average molecular weight is 289 g/mol. The smallest absolute Gasteiger partial charge is 0.306 e. The Morgan fingerprint density at radius 3 is 2.50 bits per heavy atom. The molecule has 0 spiro atoms. The molecule has 0 radical (unpaired) electrons. The molecule has 1 aromatic carbocycles. The van der Waals surface area contributed by atoms with E-state index in [9.17, 15) is 22.8 Å². The van der Waals surface area contributed by atoms with E-state index in [0.717, 1.165) is 6.07 Å². The van der Waals surface area contributed by atoms with Gasteiger partial charge in [0.1, 0.15) is 0 Å². The summed E-state index contributed by atoms with van der Waals surface area (Å²) in [5.41, 5.74) is -0.588. The number of carboxylic acid groups (broad SMARTS) is 1. The number of halogens is 3. The van der Waals surface area contributed by atoms with Crippen molar-refractivity contribution in [1.29, 1.82) is 0 Å². The Morgan fingerprint density at radius 2 is 1.90 bits per heavy atom. The van der Waals surface area contributed by atoms with Gasteiger partial charge in [0, 0.05) is 6.54 Å². The molecule has 0 saturated carbocycles.